The molecule has 2 aromatic carbocycles. The normalized spacial score (nSPS) is 20.2. The standard InChI is InChI=1S/C21H19NO3/c23-17-11-6-12-18(24)19(17)20-15-9-4-5-10-16(15)21(25)22(20)13-14-7-2-1-3-8-14/h1-5,7-10,20,23H,6,11-13H2. The van der Waals surface area contributed by atoms with E-state index in [0.717, 1.165) is 11.1 Å². The summed E-state index contributed by atoms with van der Waals surface area (Å²) in [4.78, 5) is 27.2. The van der Waals surface area contributed by atoms with Gasteiger partial charge in [0.25, 0.3) is 5.91 Å². The third-order valence-corrected chi connectivity index (χ3v) is 4.96. The summed E-state index contributed by atoms with van der Waals surface area (Å²) in [5.74, 6) is -0.0248. The average Bonchev–Trinajstić information content (AvgIpc) is 2.89. The lowest BCUT2D eigenvalue weighted by Crippen LogP contribution is -2.32. The van der Waals surface area contributed by atoms with Crippen LogP contribution in [0.4, 0.5) is 0 Å². The monoisotopic (exact) mass is 333 g/mol. The molecule has 1 aliphatic carbocycles. The Balaban J connectivity index is 1.82. The second-order valence-electron chi connectivity index (χ2n) is 6.55. The molecule has 4 heteroatoms. The summed E-state index contributed by atoms with van der Waals surface area (Å²) in [6.45, 7) is 0.406. The Morgan fingerprint density at radius 3 is 2.44 bits per heavy atom. The fourth-order valence-electron chi connectivity index (χ4n) is 3.78. The molecule has 0 fully saturated rings. The highest BCUT2D eigenvalue weighted by Gasteiger charge is 2.42. The predicted molar refractivity (Wildman–Crippen MR) is 94.0 cm³/mol. The van der Waals surface area contributed by atoms with Crippen molar-refractivity contribution in [2.75, 3.05) is 0 Å². The first-order chi connectivity index (χ1) is 12.2. The van der Waals surface area contributed by atoms with Gasteiger partial charge in [-0.2, -0.15) is 0 Å². The maximum Gasteiger partial charge on any atom is 0.255 e. The number of rotatable bonds is 3. The largest absolute Gasteiger partial charge is 0.512 e. The number of nitrogens with zero attached hydrogens (tertiary/aromatic N) is 1. The van der Waals surface area contributed by atoms with Gasteiger partial charge in [-0.1, -0.05) is 48.5 Å². The smallest absolute Gasteiger partial charge is 0.255 e. The summed E-state index contributed by atoms with van der Waals surface area (Å²) in [5.41, 5.74) is 2.81. The average molecular weight is 333 g/mol. The van der Waals surface area contributed by atoms with E-state index in [-0.39, 0.29) is 17.4 Å². The minimum atomic E-state index is -0.503. The highest BCUT2D eigenvalue weighted by Crippen LogP contribution is 2.42. The van der Waals surface area contributed by atoms with Crippen LogP contribution in [-0.2, 0) is 11.3 Å². The molecule has 1 heterocycles. The lowest BCUT2D eigenvalue weighted by molar-refractivity contribution is -0.117. The second-order valence-corrected chi connectivity index (χ2v) is 6.55. The molecule has 2 aromatic rings. The van der Waals surface area contributed by atoms with Crippen molar-refractivity contribution in [1.82, 2.24) is 4.90 Å². The molecule has 1 amide bonds. The number of benzene rings is 2. The maximum atomic E-state index is 13.0. The van der Waals surface area contributed by atoms with Gasteiger partial charge in [0.2, 0.25) is 0 Å². The van der Waals surface area contributed by atoms with Crippen molar-refractivity contribution in [1.29, 1.82) is 0 Å². The second kappa shape index (κ2) is 6.20. The van der Waals surface area contributed by atoms with E-state index >= 15 is 0 Å². The molecule has 1 N–H and O–H groups in total. The van der Waals surface area contributed by atoms with Crippen molar-refractivity contribution in [2.24, 2.45) is 0 Å². The SMILES string of the molecule is O=C1CCCC(O)=C1C1c2ccccc2C(=O)N1Cc1ccccc1. The number of aliphatic hydroxyl groups is 1. The van der Waals surface area contributed by atoms with E-state index in [1.807, 2.05) is 48.5 Å². The molecule has 1 aliphatic heterocycles. The first kappa shape index (κ1) is 15.6. The molecule has 0 spiro atoms. The highest BCUT2D eigenvalue weighted by atomic mass is 16.3. The molecule has 1 atom stereocenters. The number of hydrogen-bond acceptors (Lipinski definition) is 3. The first-order valence-corrected chi connectivity index (χ1v) is 8.56. The summed E-state index contributed by atoms with van der Waals surface area (Å²) >= 11 is 0. The van der Waals surface area contributed by atoms with Crippen LogP contribution in [0, 0.1) is 0 Å². The van der Waals surface area contributed by atoms with E-state index < -0.39 is 6.04 Å². The van der Waals surface area contributed by atoms with Gasteiger partial charge >= 0.3 is 0 Å². The van der Waals surface area contributed by atoms with Gasteiger partial charge in [0.05, 0.1) is 11.6 Å². The zero-order valence-corrected chi connectivity index (χ0v) is 13.8. The van der Waals surface area contributed by atoms with E-state index in [1.54, 1.807) is 11.0 Å². The van der Waals surface area contributed by atoms with Crippen molar-refractivity contribution in [3.8, 4) is 0 Å². The molecular weight excluding hydrogens is 314 g/mol. The van der Waals surface area contributed by atoms with E-state index in [4.69, 9.17) is 0 Å². The van der Waals surface area contributed by atoms with Crippen molar-refractivity contribution in [3.05, 3.63) is 82.6 Å². The van der Waals surface area contributed by atoms with Crippen molar-refractivity contribution in [2.45, 2.75) is 31.8 Å². The maximum absolute atomic E-state index is 13.0. The molecule has 126 valence electrons. The molecular formula is C21H19NO3. The Labute approximate surface area is 146 Å². The number of hydrogen-bond donors (Lipinski definition) is 1. The van der Waals surface area contributed by atoms with E-state index in [1.165, 1.54) is 0 Å². The molecule has 25 heavy (non-hydrogen) atoms. The van der Waals surface area contributed by atoms with Crippen LogP contribution in [0.5, 0.6) is 0 Å². The van der Waals surface area contributed by atoms with Crippen LogP contribution in [0.2, 0.25) is 0 Å². The Morgan fingerprint density at radius 2 is 1.68 bits per heavy atom. The van der Waals surface area contributed by atoms with Gasteiger partial charge in [-0.25, -0.2) is 0 Å². The zero-order valence-electron chi connectivity index (χ0n) is 13.8. The summed E-state index contributed by atoms with van der Waals surface area (Å²) in [6, 6.07) is 16.6. The van der Waals surface area contributed by atoms with Crippen LogP contribution in [0.25, 0.3) is 0 Å². The number of carbonyl (C=O) groups excluding carboxylic acids is 2. The number of ketones is 1. The van der Waals surface area contributed by atoms with E-state index in [0.29, 0.717) is 36.9 Å². The predicted octanol–water partition coefficient (Wildman–Crippen LogP) is 3.95. The molecule has 2 aliphatic rings. The number of allylic oxidation sites excluding steroid dienone is 1. The molecule has 4 rings (SSSR count). The van der Waals surface area contributed by atoms with Crippen LogP contribution in [0.15, 0.2) is 65.9 Å². The minimum Gasteiger partial charge on any atom is -0.512 e. The molecule has 4 nitrogen and oxygen atoms in total. The third kappa shape index (κ3) is 2.64. The van der Waals surface area contributed by atoms with Crippen molar-refractivity contribution < 1.29 is 14.7 Å². The Bertz CT molecular complexity index is 870. The molecule has 0 radical (unpaired) electrons. The molecule has 0 saturated carbocycles. The number of fused-ring (bicyclic) bond motifs is 1. The Hall–Kier alpha value is -2.88. The van der Waals surface area contributed by atoms with Crippen LogP contribution in [0.1, 0.15) is 46.8 Å². The fraction of sp³-hybridized carbons (Fsp3) is 0.238. The van der Waals surface area contributed by atoms with Gasteiger partial charge in [0.15, 0.2) is 5.78 Å². The summed E-state index contributed by atoms with van der Waals surface area (Å²) < 4.78 is 0. The van der Waals surface area contributed by atoms with Crippen LogP contribution in [-0.4, -0.2) is 21.7 Å². The molecule has 0 saturated heterocycles. The lowest BCUT2D eigenvalue weighted by Gasteiger charge is -2.29. The molecule has 0 bridgehead atoms. The van der Waals surface area contributed by atoms with Crippen LogP contribution in [0.3, 0.4) is 0 Å². The quantitative estimate of drug-likeness (QED) is 0.925. The van der Waals surface area contributed by atoms with Gasteiger partial charge in [-0.15, -0.1) is 0 Å². The minimum absolute atomic E-state index is 0.0590. The third-order valence-electron chi connectivity index (χ3n) is 4.96. The number of amides is 1. The highest BCUT2D eigenvalue weighted by molar-refractivity contribution is 6.04. The summed E-state index contributed by atoms with van der Waals surface area (Å²) in [6.07, 6.45) is 1.58. The Morgan fingerprint density at radius 1 is 0.960 bits per heavy atom. The summed E-state index contributed by atoms with van der Waals surface area (Å²) in [5, 5.41) is 10.4. The number of carbonyl (C=O) groups is 2. The Kier molecular flexibility index (Phi) is 3.88. The topological polar surface area (TPSA) is 57.6 Å². The molecule has 0 aromatic heterocycles. The number of Topliss-reactive ketones (excluding diaryl/α,β-unsaturated/α-hetero) is 1. The molecule has 1 unspecified atom stereocenters. The first-order valence-electron chi connectivity index (χ1n) is 8.56. The lowest BCUT2D eigenvalue weighted by atomic mass is 9.87. The van der Waals surface area contributed by atoms with Crippen molar-refractivity contribution >= 4 is 11.7 Å². The van der Waals surface area contributed by atoms with Gasteiger partial charge in [-0.3, -0.25) is 9.59 Å². The number of aliphatic hydroxyl groups excluding tert-OH is 1. The fourth-order valence-corrected chi connectivity index (χ4v) is 3.78. The van der Waals surface area contributed by atoms with Gasteiger partial charge in [0, 0.05) is 24.9 Å². The zero-order chi connectivity index (χ0) is 17.4. The van der Waals surface area contributed by atoms with E-state index in [2.05, 4.69) is 0 Å². The van der Waals surface area contributed by atoms with E-state index in [9.17, 15) is 14.7 Å². The van der Waals surface area contributed by atoms with Crippen molar-refractivity contribution in [3.63, 3.8) is 0 Å². The van der Waals surface area contributed by atoms with Gasteiger partial charge < -0.3 is 10.0 Å². The van der Waals surface area contributed by atoms with Gasteiger partial charge in [-0.05, 0) is 23.6 Å². The van der Waals surface area contributed by atoms with Gasteiger partial charge in [0.1, 0.15) is 5.76 Å². The van der Waals surface area contributed by atoms with Crippen LogP contribution >= 0.6 is 0 Å². The van der Waals surface area contributed by atoms with Crippen LogP contribution < -0.4 is 0 Å². The summed E-state index contributed by atoms with van der Waals surface area (Å²) in [7, 11) is 0.